The van der Waals surface area contributed by atoms with Crippen molar-refractivity contribution in [2.45, 2.75) is 23.9 Å². The molecule has 0 atom stereocenters. The number of nitrogens with one attached hydrogen (secondary N) is 1. The maximum atomic E-state index is 12.2. The van der Waals surface area contributed by atoms with E-state index >= 15 is 0 Å². The molecule has 0 aromatic heterocycles. The van der Waals surface area contributed by atoms with Crippen LogP contribution in [0.4, 0.5) is 18.9 Å². The topological polar surface area (TPSA) is 12.0 Å². The highest BCUT2D eigenvalue weighted by molar-refractivity contribution is 8.00. The zero-order valence-corrected chi connectivity index (χ0v) is 12.7. The Bertz CT molecular complexity index is 611. The fourth-order valence-corrected chi connectivity index (χ4v) is 2.50. The second-order valence-corrected chi connectivity index (χ2v) is 6.08. The summed E-state index contributed by atoms with van der Waals surface area (Å²) < 4.78 is 36.7. The lowest BCUT2D eigenvalue weighted by Crippen LogP contribution is -2.02. The van der Waals surface area contributed by atoms with E-state index in [1.807, 2.05) is 25.1 Å². The van der Waals surface area contributed by atoms with E-state index in [1.54, 1.807) is 12.1 Å². The van der Waals surface area contributed by atoms with Gasteiger partial charge in [-0.25, -0.2) is 0 Å². The van der Waals surface area contributed by atoms with Gasteiger partial charge in [-0.3, -0.25) is 0 Å². The molecule has 6 heteroatoms. The Morgan fingerprint density at radius 1 is 1.10 bits per heavy atom. The highest BCUT2D eigenvalue weighted by atomic mass is 35.5. The van der Waals surface area contributed by atoms with Gasteiger partial charge in [0.15, 0.2) is 0 Å². The van der Waals surface area contributed by atoms with Crippen molar-refractivity contribution in [2.75, 3.05) is 5.32 Å². The third kappa shape index (κ3) is 5.17. The largest absolute Gasteiger partial charge is 0.446 e. The molecule has 112 valence electrons. The maximum Gasteiger partial charge on any atom is 0.446 e. The van der Waals surface area contributed by atoms with Gasteiger partial charge in [0.05, 0.1) is 0 Å². The number of halogens is 4. The fourth-order valence-electron chi connectivity index (χ4n) is 1.79. The van der Waals surface area contributed by atoms with E-state index in [9.17, 15) is 13.2 Å². The third-order valence-electron chi connectivity index (χ3n) is 2.84. The van der Waals surface area contributed by atoms with Crippen molar-refractivity contribution >= 4 is 29.1 Å². The predicted molar refractivity (Wildman–Crippen MR) is 81.9 cm³/mol. The monoisotopic (exact) mass is 331 g/mol. The van der Waals surface area contributed by atoms with Gasteiger partial charge in [0.2, 0.25) is 0 Å². The third-order valence-corrected chi connectivity index (χ3v) is 3.81. The first-order valence-electron chi connectivity index (χ1n) is 6.18. The minimum atomic E-state index is -4.25. The van der Waals surface area contributed by atoms with Crippen LogP contribution in [-0.2, 0) is 6.54 Å². The van der Waals surface area contributed by atoms with E-state index in [4.69, 9.17) is 11.6 Å². The molecule has 0 amide bonds. The Labute approximate surface area is 130 Å². The highest BCUT2D eigenvalue weighted by Crippen LogP contribution is 2.36. The summed E-state index contributed by atoms with van der Waals surface area (Å²) in [6, 6.07) is 11.9. The lowest BCUT2D eigenvalue weighted by molar-refractivity contribution is -0.0328. The lowest BCUT2D eigenvalue weighted by Gasteiger charge is -2.11. The number of alkyl halides is 3. The molecule has 0 fully saturated rings. The molecule has 0 spiro atoms. The van der Waals surface area contributed by atoms with Gasteiger partial charge in [-0.2, -0.15) is 13.2 Å². The quantitative estimate of drug-likeness (QED) is 0.703. The zero-order chi connectivity index (χ0) is 15.5. The van der Waals surface area contributed by atoms with Crippen LogP contribution in [-0.4, -0.2) is 5.51 Å². The predicted octanol–water partition coefficient (Wildman–Crippen LogP) is 5.87. The molecule has 0 aliphatic heterocycles. The van der Waals surface area contributed by atoms with Crippen molar-refractivity contribution < 1.29 is 13.2 Å². The Morgan fingerprint density at radius 2 is 1.76 bits per heavy atom. The minimum Gasteiger partial charge on any atom is -0.381 e. The first-order chi connectivity index (χ1) is 9.83. The number of rotatable bonds is 4. The van der Waals surface area contributed by atoms with Gasteiger partial charge >= 0.3 is 5.51 Å². The van der Waals surface area contributed by atoms with E-state index in [2.05, 4.69) is 5.32 Å². The van der Waals surface area contributed by atoms with Crippen LogP contribution in [0.1, 0.15) is 11.1 Å². The molecule has 0 radical (unpaired) electrons. The molecule has 0 aliphatic carbocycles. The average molecular weight is 332 g/mol. The van der Waals surface area contributed by atoms with Gasteiger partial charge < -0.3 is 5.32 Å². The molecule has 0 saturated heterocycles. The zero-order valence-electron chi connectivity index (χ0n) is 11.2. The van der Waals surface area contributed by atoms with E-state index in [0.29, 0.717) is 11.6 Å². The minimum absolute atomic E-state index is 0.110. The normalized spacial score (nSPS) is 11.5. The highest BCUT2D eigenvalue weighted by Gasteiger charge is 2.28. The van der Waals surface area contributed by atoms with Crippen molar-refractivity contribution in [2.24, 2.45) is 0 Å². The van der Waals surface area contributed by atoms with E-state index in [-0.39, 0.29) is 16.7 Å². The van der Waals surface area contributed by atoms with E-state index < -0.39 is 5.51 Å². The van der Waals surface area contributed by atoms with Crippen LogP contribution >= 0.6 is 23.4 Å². The van der Waals surface area contributed by atoms with E-state index in [0.717, 1.165) is 16.8 Å². The summed E-state index contributed by atoms with van der Waals surface area (Å²) in [5, 5.41) is 3.86. The summed E-state index contributed by atoms with van der Waals surface area (Å²) in [6.45, 7) is 2.49. The molecule has 2 rings (SSSR count). The van der Waals surface area contributed by atoms with Gasteiger partial charge in [-0.05, 0) is 54.1 Å². The summed E-state index contributed by atoms with van der Waals surface area (Å²) in [7, 11) is 0. The summed E-state index contributed by atoms with van der Waals surface area (Å²) in [4.78, 5) is 0.185. The molecule has 0 saturated carbocycles. The van der Waals surface area contributed by atoms with Crippen LogP contribution in [0.25, 0.3) is 0 Å². The molecule has 1 nitrogen and oxygen atoms in total. The van der Waals surface area contributed by atoms with Crippen molar-refractivity contribution in [1.82, 2.24) is 0 Å². The lowest BCUT2D eigenvalue weighted by atomic mass is 10.2. The van der Waals surface area contributed by atoms with Gasteiger partial charge in [-0.15, -0.1) is 0 Å². The van der Waals surface area contributed by atoms with Crippen molar-refractivity contribution in [3.8, 4) is 0 Å². The molecule has 2 aromatic rings. The van der Waals surface area contributed by atoms with Crippen LogP contribution in [0.3, 0.4) is 0 Å². The van der Waals surface area contributed by atoms with E-state index in [1.165, 1.54) is 12.1 Å². The van der Waals surface area contributed by atoms with Gasteiger partial charge in [0.1, 0.15) is 0 Å². The van der Waals surface area contributed by atoms with Crippen molar-refractivity contribution in [3.05, 3.63) is 58.6 Å². The second-order valence-electron chi connectivity index (χ2n) is 4.50. The van der Waals surface area contributed by atoms with Crippen LogP contribution in [0.2, 0.25) is 5.02 Å². The number of benzene rings is 2. The molecule has 21 heavy (non-hydrogen) atoms. The fraction of sp³-hybridized carbons (Fsp3) is 0.200. The standard InChI is InChI=1S/C15H13ClF3NS/c1-10-2-5-12(16)8-14(10)20-9-11-3-6-13(7-4-11)21-15(17,18)19/h2-8,20H,9H2,1H3. The first kappa shape index (κ1) is 16.0. The Hall–Kier alpha value is -1.33. The molecule has 2 aromatic carbocycles. The SMILES string of the molecule is Cc1ccc(Cl)cc1NCc1ccc(SC(F)(F)F)cc1. The molecule has 0 bridgehead atoms. The number of aryl methyl sites for hydroxylation is 1. The maximum absolute atomic E-state index is 12.2. The number of hydrogen-bond donors (Lipinski definition) is 1. The second kappa shape index (κ2) is 6.62. The molecule has 1 N–H and O–H groups in total. The summed E-state index contributed by atoms with van der Waals surface area (Å²) >= 11 is 5.82. The smallest absolute Gasteiger partial charge is 0.381 e. The molecule has 0 heterocycles. The summed E-state index contributed by atoms with van der Waals surface area (Å²) in [5.74, 6) is 0. The van der Waals surface area contributed by atoms with Crippen LogP contribution < -0.4 is 5.32 Å². The summed E-state index contributed by atoms with van der Waals surface area (Å²) in [6.07, 6.45) is 0. The van der Waals surface area contributed by atoms with Crippen LogP contribution in [0, 0.1) is 6.92 Å². The Balaban J connectivity index is 1.99. The van der Waals surface area contributed by atoms with Gasteiger partial charge in [0, 0.05) is 22.2 Å². The molecular weight excluding hydrogens is 319 g/mol. The van der Waals surface area contributed by atoms with Crippen LogP contribution in [0.15, 0.2) is 47.4 Å². The van der Waals surface area contributed by atoms with Crippen molar-refractivity contribution in [1.29, 1.82) is 0 Å². The Kier molecular flexibility index (Phi) is 5.06. The first-order valence-corrected chi connectivity index (χ1v) is 7.38. The van der Waals surface area contributed by atoms with Crippen molar-refractivity contribution in [3.63, 3.8) is 0 Å². The van der Waals surface area contributed by atoms with Crippen LogP contribution in [0.5, 0.6) is 0 Å². The number of thioether (sulfide) groups is 1. The van der Waals surface area contributed by atoms with Gasteiger partial charge in [-0.1, -0.05) is 29.8 Å². The van der Waals surface area contributed by atoms with Gasteiger partial charge in [0.25, 0.3) is 0 Å². The Morgan fingerprint density at radius 3 is 2.38 bits per heavy atom. The summed E-state index contributed by atoms with van der Waals surface area (Å²) in [5.41, 5.74) is -1.38. The number of anilines is 1. The molecule has 0 aliphatic rings. The number of hydrogen-bond acceptors (Lipinski definition) is 2. The molecule has 0 unspecified atom stereocenters. The average Bonchev–Trinajstić information content (AvgIpc) is 2.40. The molecular formula is C15H13ClF3NS.